The molecule has 1 saturated heterocycles. The van der Waals surface area contributed by atoms with Gasteiger partial charge in [0.15, 0.2) is 0 Å². The minimum absolute atomic E-state index is 0.396. The second-order valence-corrected chi connectivity index (χ2v) is 3.50. The van der Waals surface area contributed by atoms with Gasteiger partial charge >= 0.3 is 0 Å². The third kappa shape index (κ3) is 4.57. The van der Waals surface area contributed by atoms with Crippen LogP contribution >= 0.6 is 0 Å². The molecule has 4 heteroatoms. The van der Waals surface area contributed by atoms with Gasteiger partial charge in [-0.3, -0.25) is 0 Å². The standard InChI is InChI=1S/C9H19NO3/c1-12-7-9(11)5-10-4-8-2-3-13-6-8/h8-11H,2-7H2,1H3. The van der Waals surface area contributed by atoms with Crippen LogP contribution in [0, 0.1) is 5.92 Å². The number of ether oxygens (including phenoxy) is 2. The molecular weight excluding hydrogens is 170 g/mol. The Morgan fingerprint density at radius 1 is 1.69 bits per heavy atom. The van der Waals surface area contributed by atoms with Crippen LogP contribution in [0.25, 0.3) is 0 Å². The highest BCUT2D eigenvalue weighted by Gasteiger charge is 2.15. The summed E-state index contributed by atoms with van der Waals surface area (Å²) < 4.78 is 10.0. The van der Waals surface area contributed by atoms with Gasteiger partial charge in [0, 0.05) is 26.8 Å². The van der Waals surface area contributed by atoms with Crippen molar-refractivity contribution in [3.63, 3.8) is 0 Å². The summed E-state index contributed by atoms with van der Waals surface area (Å²) in [5.41, 5.74) is 0. The van der Waals surface area contributed by atoms with E-state index in [1.807, 2.05) is 0 Å². The molecule has 0 aromatic rings. The summed E-state index contributed by atoms with van der Waals surface area (Å²) >= 11 is 0. The fourth-order valence-electron chi connectivity index (χ4n) is 1.45. The van der Waals surface area contributed by atoms with E-state index in [-0.39, 0.29) is 0 Å². The minimum Gasteiger partial charge on any atom is -0.389 e. The quantitative estimate of drug-likeness (QED) is 0.598. The number of aliphatic hydroxyl groups is 1. The summed E-state index contributed by atoms with van der Waals surface area (Å²) in [5.74, 6) is 0.620. The topological polar surface area (TPSA) is 50.7 Å². The Bertz CT molecular complexity index is 126. The van der Waals surface area contributed by atoms with Crippen LogP contribution in [-0.2, 0) is 9.47 Å². The fraction of sp³-hybridized carbons (Fsp3) is 1.00. The normalized spacial score (nSPS) is 24.9. The maximum atomic E-state index is 9.30. The second-order valence-electron chi connectivity index (χ2n) is 3.50. The Morgan fingerprint density at radius 2 is 2.54 bits per heavy atom. The van der Waals surface area contributed by atoms with Gasteiger partial charge in [-0.15, -0.1) is 0 Å². The molecule has 0 spiro atoms. The lowest BCUT2D eigenvalue weighted by molar-refractivity contribution is 0.0638. The van der Waals surface area contributed by atoms with Crippen molar-refractivity contribution in [2.75, 3.05) is 40.0 Å². The summed E-state index contributed by atoms with van der Waals surface area (Å²) in [7, 11) is 1.59. The molecule has 0 aliphatic carbocycles. The van der Waals surface area contributed by atoms with E-state index >= 15 is 0 Å². The van der Waals surface area contributed by atoms with Gasteiger partial charge in [0.1, 0.15) is 0 Å². The highest BCUT2D eigenvalue weighted by molar-refractivity contribution is 4.68. The van der Waals surface area contributed by atoms with E-state index in [1.165, 1.54) is 0 Å². The van der Waals surface area contributed by atoms with Gasteiger partial charge in [0.25, 0.3) is 0 Å². The molecule has 0 aromatic carbocycles. The van der Waals surface area contributed by atoms with Gasteiger partial charge in [-0.05, 0) is 12.3 Å². The molecule has 13 heavy (non-hydrogen) atoms. The van der Waals surface area contributed by atoms with Crippen LogP contribution in [0.4, 0.5) is 0 Å². The van der Waals surface area contributed by atoms with Gasteiger partial charge in [-0.2, -0.15) is 0 Å². The lowest BCUT2D eigenvalue weighted by atomic mass is 10.1. The Hall–Kier alpha value is -0.160. The van der Waals surface area contributed by atoms with Gasteiger partial charge < -0.3 is 19.9 Å². The van der Waals surface area contributed by atoms with Crippen LogP contribution in [0.3, 0.4) is 0 Å². The molecule has 78 valence electrons. The molecule has 1 fully saturated rings. The number of aliphatic hydroxyl groups excluding tert-OH is 1. The monoisotopic (exact) mass is 189 g/mol. The lowest BCUT2D eigenvalue weighted by Gasteiger charge is -2.12. The number of hydrogen-bond donors (Lipinski definition) is 2. The SMILES string of the molecule is COCC(O)CNCC1CCOC1. The smallest absolute Gasteiger partial charge is 0.0897 e. The van der Waals surface area contributed by atoms with Crippen molar-refractivity contribution < 1.29 is 14.6 Å². The van der Waals surface area contributed by atoms with E-state index in [2.05, 4.69) is 5.32 Å². The summed E-state index contributed by atoms with van der Waals surface area (Å²) in [5, 5.41) is 12.5. The zero-order valence-electron chi connectivity index (χ0n) is 8.16. The van der Waals surface area contributed by atoms with Crippen LogP contribution in [0.15, 0.2) is 0 Å². The Balaban J connectivity index is 1.93. The highest BCUT2D eigenvalue weighted by atomic mass is 16.5. The number of methoxy groups -OCH3 is 1. The van der Waals surface area contributed by atoms with Crippen molar-refractivity contribution in [1.29, 1.82) is 0 Å². The first-order chi connectivity index (χ1) is 6.33. The van der Waals surface area contributed by atoms with Crippen LogP contribution in [0.5, 0.6) is 0 Å². The number of nitrogens with one attached hydrogen (secondary N) is 1. The molecule has 2 unspecified atom stereocenters. The van der Waals surface area contributed by atoms with Gasteiger partial charge in [0.05, 0.1) is 19.3 Å². The molecule has 2 atom stereocenters. The maximum Gasteiger partial charge on any atom is 0.0897 e. The molecule has 1 aliphatic heterocycles. The molecule has 1 heterocycles. The summed E-state index contributed by atoms with van der Waals surface area (Å²) in [6.45, 7) is 3.67. The average Bonchev–Trinajstić information content (AvgIpc) is 2.57. The molecule has 1 aliphatic rings. The largest absolute Gasteiger partial charge is 0.389 e. The fourth-order valence-corrected chi connectivity index (χ4v) is 1.45. The van der Waals surface area contributed by atoms with Crippen molar-refractivity contribution in [2.24, 2.45) is 5.92 Å². The highest BCUT2D eigenvalue weighted by Crippen LogP contribution is 2.10. The lowest BCUT2D eigenvalue weighted by Crippen LogP contribution is -2.33. The van der Waals surface area contributed by atoms with Crippen molar-refractivity contribution in [1.82, 2.24) is 5.32 Å². The van der Waals surface area contributed by atoms with Crippen molar-refractivity contribution >= 4 is 0 Å². The Kier molecular flexibility index (Phi) is 5.31. The first-order valence-electron chi connectivity index (χ1n) is 4.78. The summed E-state index contributed by atoms with van der Waals surface area (Å²) in [6, 6.07) is 0. The van der Waals surface area contributed by atoms with E-state index in [0.29, 0.717) is 19.1 Å². The van der Waals surface area contributed by atoms with E-state index < -0.39 is 6.10 Å². The zero-order valence-corrected chi connectivity index (χ0v) is 8.16. The Labute approximate surface area is 79.2 Å². The Morgan fingerprint density at radius 3 is 3.15 bits per heavy atom. The molecule has 2 N–H and O–H groups in total. The van der Waals surface area contributed by atoms with Crippen LogP contribution in [-0.4, -0.2) is 51.2 Å². The van der Waals surface area contributed by atoms with Gasteiger partial charge in [-0.25, -0.2) is 0 Å². The second kappa shape index (κ2) is 6.32. The first-order valence-corrected chi connectivity index (χ1v) is 4.78. The number of hydrogen-bond acceptors (Lipinski definition) is 4. The summed E-state index contributed by atoms with van der Waals surface area (Å²) in [6.07, 6.45) is 0.736. The molecule has 0 amide bonds. The van der Waals surface area contributed by atoms with Crippen molar-refractivity contribution in [3.8, 4) is 0 Å². The average molecular weight is 189 g/mol. The van der Waals surface area contributed by atoms with Crippen LogP contribution < -0.4 is 5.32 Å². The van der Waals surface area contributed by atoms with Crippen molar-refractivity contribution in [2.45, 2.75) is 12.5 Å². The zero-order chi connectivity index (χ0) is 9.52. The molecule has 1 rings (SSSR count). The molecule has 0 radical (unpaired) electrons. The van der Waals surface area contributed by atoms with E-state index in [1.54, 1.807) is 7.11 Å². The third-order valence-electron chi connectivity index (χ3n) is 2.20. The predicted molar refractivity (Wildman–Crippen MR) is 49.7 cm³/mol. The number of rotatable bonds is 6. The van der Waals surface area contributed by atoms with E-state index in [9.17, 15) is 5.11 Å². The summed E-state index contributed by atoms with van der Waals surface area (Å²) in [4.78, 5) is 0. The maximum absolute atomic E-state index is 9.30. The van der Waals surface area contributed by atoms with E-state index in [4.69, 9.17) is 9.47 Å². The minimum atomic E-state index is -0.396. The molecule has 0 saturated carbocycles. The van der Waals surface area contributed by atoms with Gasteiger partial charge in [-0.1, -0.05) is 0 Å². The molecular formula is C9H19NO3. The van der Waals surface area contributed by atoms with Crippen LogP contribution in [0.2, 0.25) is 0 Å². The molecule has 0 bridgehead atoms. The first kappa shape index (κ1) is 10.9. The third-order valence-corrected chi connectivity index (χ3v) is 2.20. The van der Waals surface area contributed by atoms with Crippen molar-refractivity contribution in [3.05, 3.63) is 0 Å². The predicted octanol–water partition coefficient (Wildman–Crippen LogP) is -0.380. The van der Waals surface area contributed by atoms with E-state index in [0.717, 1.165) is 26.2 Å². The van der Waals surface area contributed by atoms with Gasteiger partial charge in [0.2, 0.25) is 0 Å². The molecule has 4 nitrogen and oxygen atoms in total. The van der Waals surface area contributed by atoms with Crippen LogP contribution in [0.1, 0.15) is 6.42 Å². The molecule has 0 aromatic heterocycles.